The number of hydrogen-bond acceptors (Lipinski definition) is 3. The van der Waals surface area contributed by atoms with Gasteiger partial charge in [0.05, 0.1) is 7.11 Å². The molecular formula is C18H21NO2. The van der Waals surface area contributed by atoms with Crippen LogP contribution in [0.25, 0.3) is 11.1 Å². The van der Waals surface area contributed by atoms with E-state index in [2.05, 4.69) is 44.2 Å². The van der Waals surface area contributed by atoms with Crippen LogP contribution in [0, 0.1) is 13.8 Å². The van der Waals surface area contributed by atoms with Crippen LogP contribution < -0.4 is 15.2 Å². The number of aryl methyl sites for hydroxylation is 1. The molecule has 3 rings (SSSR count). The second-order valence-electron chi connectivity index (χ2n) is 5.59. The molecule has 21 heavy (non-hydrogen) atoms. The smallest absolute Gasteiger partial charge is 0.131 e. The molecule has 110 valence electrons. The number of methoxy groups -OCH3 is 1. The van der Waals surface area contributed by atoms with E-state index in [9.17, 15) is 0 Å². The van der Waals surface area contributed by atoms with Gasteiger partial charge in [-0.3, -0.25) is 0 Å². The Balaban J connectivity index is 2.19. The first-order valence-corrected chi connectivity index (χ1v) is 7.28. The molecule has 0 spiro atoms. The third-order valence-electron chi connectivity index (χ3n) is 4.26. The summed E-state index contributed by atoms with van der Waals surface area (Å²) in [6.07, 6.45) is 0.914. The molecule has 0 saturated heterocycles. The first kappa shape index (κ1) is 14.0. The fraction of sp³-hybridized carbons (Fsp3) is 0.333. The van der Waals surface area contributed by atoms with E-state index < -0.39 is 0 Å². The van der Waals surface area contributed by atoms with Crippen molar-refractivity contribution in [1.29, 1.82) is 0 Å². The summed E-state index contributed by atoms with van der Waals surface area (Å²) in [5, 5.41) is 0. The Hall–Kier alpha value is -2.00. The second kappa shape index (κ2) is 5.41. The Morgan fingerprint density at radius 3 is 2.76 bits per heavy atom. The van der Waals surface area contributed by atoms with Gasteiger partial charge in [0, 0.05) is 24.1 Å². The zero-order valence-electron chi connectivity index (χ0n) is 12.8. The highest BCUT2D eigenvalue weighted by molar-refractivity contribution is 5.77. The maximum Gasteiger partial charge on any atom is 0.131 e. The topological polar surface area (TPSA) is 44.5 Å². The lowest BCUT2D eigenvalue weighted by Gasteiger charge is -2.15. The van der Waals surface area contributed by atoms with Gasteiger partial charge in [-0.1, -0.05) is 18.2 Å². The number of rotatable bonds is 3. The van der Waals surface area contributed by atoms with Crippen LogP contribution in [0.4, 0.5) is 0 Å². The summed E-state index contributed by atoms with van der Waals surface area (Å²) >= 11 is 0. The number of nitrogens with two attached hydrogens (primary N) is 1. The van der Waals surface area contributed by atoms with Crippen LogP contribution >= 0.6 is 0 Å². The Bertz CT molecular complexity index is 679. The molecule has 2 aromatic carbocycles. The molecule has 0 saturated carbocycles. The molecule has 3 heteroatoms. The van der Waals surface area contributed by atoms with Gasteiger partial charge in [0.25, 0.3) is 0 Å². The number of ether oxygens (including phenoxy) is 2. The van der Waals surface area contributed by atoms with Crippen molar-refractivity contribution in [3.05, 3.63) is 47.0 Å². The minimum absolute atomic E-state index is 0.0657. The van der Waals surface area contributed by atoms with Gasteiger partial charge < -0.3 is 15.2 Å². The normalized spacial score (nSPS) is 16.5. The summed E-state index contributed by atoms with van der Waals surface area (Å²) < 4.78 is 11.5. The molecule has 0 fully saturated rings. The van der Waals surface area contributed by atoms with E-state index in [4.69, 9.17) is 15.2 Å². The zero-order chi connectivity index (χ0) is 15.0. The van der Waals surface area contributed by atoms with Crippen LogP contribution in [-0.4, -0.2) is 19.8 Å². The predicted octanol–water partition coefficient (Wildman–Crippen LogP) is 3.24. The van der Waals surface area contributed by atoms with E-state index >= 15 is 0 Å². The zero-order valence-corrected chi connectivity index (χ0v) is 12.8. The molecule has 0 aromatic heterocycles. The second-order valence-corrected chi connectivity index (χ2v) is 5.59. The summed E-state index contributed by atoms with van der Waals surface area (Å²) in [5.74, 6) is 1.82. The lowest BCUT2D eigenvalue weighted by molar-refractivity contribution is 0.242. The largest absolute Gasteiger partial charge is 0.497 e. The fourth-order valence-corrected chi connectivity index (χ4v) is 2.90. The molecule has 1 aliphatic rings. The summed E-state index contributed by atoms with van der Waals surface area (Å²) in [6.45, 7) is 4.80. The first-order valence-electron chi connectivity index (χ1n) is 7.28. The molecular weight excluding hydrogens is 262 g/mol. The van der Waals surface area contributed by atoms with E-state index in [1.54, 1.807) is 7.11 Å². The van der Waals surface area contributed by atoms with Gasteiger partial charge in [0.1, 0.15) is 17.6 Å². The van der Waals surface area contributed by atoms with Crippen molar-refractivity contribution in [3.63, 3.8) is 0 Å². The summed E-state index contributed by atoms with van der Waals surface area (Å²) in [6, 6.07) is 10.5. The first-order chi connectivity index (χ1) is 10.1. The Morgan fingerprint density at radius 1 is 1.24 bits per heavy atom. The van der Waals surface area contributed by atoms with Gasteiger partial charge in [-0.25, -0.2) is 0 Å². The maximum atomic E-state index is 6.06. The highest BCUT2D eigenvalue weighted by atomic mass is 16.5. The minimum Gasteiger partial charge on any atom is -0.497 e. The van der Waals surface area contributed by atoms with E-state index in [-0.39, 0.29) is 6.10 Å². The molecule has 0 aliphatic carbocycles. The Morgan fingerprint density at radius 2 is 2.05 bits per heavy atom. The average Bonchev–Trinajstić information content (AvgIpc) is 2.92. The van der Waals surface area contributed by atoms with Crippen LogP contribution in [0.1, 0.15) is 16.7 Å². The lowest BCUT2D eigenvalue weighted by Crippen LogP contribution is -2.24. The molecule has 2 N–H and O–H groups in total. The molecule has 2 aromatic rings. The Kier molecular flexibility index (Phi) is 3.60. The van der Waals surface area contributed by atoms with Crippen molar-refractivity contribution in [2.45, 2.75) is 26.4 Å². The molecule has 1 atom stereocenters. The van der Waals surface area contributed by atoms with Crippen molar-refractivity contribution in [3.8, 4) is 22.6 Å². The standard InChI is InChI=1S/C18H21NO2/c1-11-5-4-6-16(12(11)2)17-9-14(20-3)7-13-8-15(10-19)21-18(13)17/h4-7,9,15H,8,10,19H2,1-3H3. The molecule has 0 bridgehead atoms. The highest BCUT2D eigenvalue weighted by Crippen LogP contribution is 2.43. The van der Waals surface area contributed by atoms with Gasteiger partial charge >= 0.3 is 0 Å². The van der Waals surface area contributed by atoms with Crippen molar-refractivity contribution in [2.75, 3.05) is 13.7 Å². The Labute approximate surface area is 125 Å². The van der Waals surface area contributed by atoms with Gasteiger partial charge in [-0.2, -0.15) is 0 Å². The van der Waals surface area contributed by atoms with E-state index in [0.29, 0.717) is 6.54 Å². The third kappa shape index (κ3) is 2.38. The average molecular weight is 283 g/mol. The van der Waals surface area contributed by atoms with Crippen molar-refractivity contribution in [2.24, 2.45) is 5.73 Å². The van der Waals surface area contributed by atoms with Gasteiger partial charge in [-0.15, -0.1) is 0 Å². The van der Waals surface area contributed by atoms with Crippen LogP contribution in [0.3, 0.4) is 0 Å². The maximum absolute atomic E-state index is 6.06. The fourth-order valence-electron chi connectivity index (χ4n) is 2.90. The summed E-state index contributed by atoms with van der Waals surface area (Å²) in [5.41, 5.74) is 11.8. The molecule has 3 nitrogen and oxygen atoms in total. The van der Waals surface area contributed by atoms with Crippen LogP contribution in [0.15, 0.2) is 30.3 Å². The number of fused-ring (bicyclic) bond motifs is 1. The van der Waals surface area contributed by atoms with Crippen molar-refractivity contribution < 1.29 is 9.47 Å². The van der Waals surface area contributed by atoms with E-state index in [1.165, 1.54) is 22.3 Å². The molecule has 1 heterocycles. The van der Waals surface area contributed by atoms with Crippen LogP contribution in [0.5, 0.6) is 11.5 Å². The monoisotopic (exact) mass is 283 g/mol. The SMILES string of the molecule is COc1cc2c(c(-c3cccc(C)c3C)c1)OC(CN)C2. The van der Waals surface area contributed by atoms with E-state index in [1.807, 2.05) is 0 Å². The molecule has 1 aliphatic heterocycles. The number of hydrogen-bond donors (Lipinski definition) is 1. The van der Waals surface area contributed by atoms with Crippen molar-refractivity contribution >= 4 is 0 Å². The van der Waals surface area contributed by atoms with Gasteiger partial charge in [0.2, 0.25) is 0 Å². The predicted molar refractivity (Wildman–Crippen MR) is 85.1 cm³/mol. The summed E-state index contributed by atoms with van der Waals surface area (Å²) in [4.78, 5) is 0. The summed E-state index contributed by atoms with van der Waals surface area (Å²) in [7, 11) is 1.70. The van der Waals surface area contributed by atoms with Crippen LogP contribution in [0.2, 0.25) is 0 Å². The molecule has 0 radical (unpaired) electrons. The van der Waals surface area contributed by atoms with E-state index in [0.717, 1.165) is 23.5 Å². The highest BCUT2D eigenvalue weighted by Gasteiger charge is 2.26. The number of benzene rings is 2. The third-order valence-corrected chi connectivity index (χ3v) is 4.26. The van der Waals surface area contributed by atoms with Crippen LogP contribution in [-0.2, 0) is 6.42 Å². The van der Waals surface area contributed by atoms with Crippen molar-refractivity contribution in [1.82, 2.24) is 0 Å². The minimum atomic E-state index is 0.0657. The lowest BCUT2D eigenvalue weighted by atomic mass is 9.94. The van der Waals surface area contributed by atoms with Gasteiger partial charge in [-0.05, 0) is 42.7 Å². The molecule has 1 unspecified atom stereocenters. The van der Waals surface area contributed by atoms with Gasteiger partial charge in [0.15, 0.2) is 0 Å². The molecule has 0 amide bonds. The quantitative estimate of drug-likeness (QED) is 0.940.